The van der Waals surface area contributed by atoms with Crippen molar-refractivity contribution in [1.29, 1.82) is 0 Å². The highest BCUT2D eigenvalue weighted by molar-refractivity contribution is 7.10. The maximum Gasteiger partial charge on any atom is 0.230 e. The first kappa shape index (κ1) is 18.6. The van der Waals surface area contributed by atoms with Crippen LogP contribution in [-0.2, 0) is 6.42 Å². The van der Waals surface area contributed by atoms with Crippen molar-refractivity contribution < 1.29 is 9.53 Å². The fourth-order valence-electron chi connectivity index (χ4n) is 3.83. The van der Waals surface area contributed by atoms with Crippen molar-refractivity contribution in [2.24, 2.45) is 0 Å². The highest BCUT2D eigenvalue weighted by atomic mass is 32.1. The Hall–Kier alpha value is -3.39. The minimum absolute atomic E-state index is 0.0868. The molecule has 1 aromatic carbocycles. The molecule has 1 atom stereocenters. The van der Waals surface area contributed by atoms with Crippen LogP contribution in [0.1, 0.15) is 39.0 Å². The molecule has 8 heteroatoms. The second-order valence-corrected chi connectivity index (χ2v) is 8.19. The number of methoxy groups -OCH3 is 1. The molecule has 4 aromatic rings. The minimum Gasteiger partial charge on any atom is -0.494 e. The summed E-state index contributed by atoms with van der Waals surface area (Å²) in [4.78, 5) is 31.9. The second-order valence-electron chi connectivity index (χ2n) is 7.21. The molecular weight excluding hydrogens is 398 g/mol. The molecule has 0 fully saturated rings. The Morgan fingerprint density at radius 3 is 2.80 bits per heavy atom. The molecule has 0 bridgehead atoms. The second kappa shape index (κ2) is 7.46. The van der Waals surface area contributed by atoms with Gasteiger partial charge in [-0.25, -0.2) is 19.9 Å². The van der Waals surface area contributed by atoms with E-state index in [0.29, 0.717) is 36.1 Å². The third-order valence-electron chi connectivity index (χ3n) is 5.31. The van der Waals surface area contributed by atoms with E-state index in [9.17, 15) is 4.79 Å². The van der Waals surface area contributed by atoms with E-state index in [1.165, 1.54) is 4.88 Å². The van der Waals surface area contributed by atoms with Crippen molar-refractivity contribution in [3.05, 3.63) is 63.7 Å². The number of hydrogen-bond acceptors (Lipinski definition) is 8. The van der Waals surface area contributed by atoms with Gasteiger partial charge in [-0.1, -0.05) is 18.2 Å². The Morgan fingerprint density at radius 1 is 1.10 bits per heavy atom. The number of aromatic nitrogens is 4. The summed E-state index contributed by atoms with van der Waals surface area (Å²) in [5.41, 5.74) is 2.91. The molecule has 0 spiro atoms. The lowest BCUT2D eigenvalue weighted by Gasteiger charge is -2.22. The zero-order valence-electron chi connectivity index (χ0n) is 16.5. The number of carbonyl (C=O) groups excluding carboxylic acids is 1. The van der Waals surface area contributed by atoms with Crippen molar-refractivity contribution in [1.82, 2.24) is 19.9 Å². The van der Waals surface area contributed by atoms with Gasteiger partial charge in [0.05, 0.1) is 24.1 Å². The SMILES string of the molecule is COc1cccc2c(C)nc(Nc3ncc4c(n3)C[C@@H](c3cccs3)CC4=O)nc12. The molecule has 0 unspecified atom stereocenters. The molecule has 1 aliphatic rings. The number of fused-ring (bicyclic) bond motifs is 2. The maximum atomic E-state index is 12.6. The van der Waals surface area contributed by atoms with Crippen LogP contribution in [0.25, 0.3) is 10.9 Å². The molecule has 7 nitrogen and oxygen atoms in total. The lowest BCUT2D eigenvalue weighted by Crippen LogP contribution is -2.20. The zero-order chi connectivity index (χ0) is 20.7. The molecule has 3 heterocycles. The number of para-hydroxylation sites is 1. The highest BCUT2D eigenvalue weighted by Gasteiger charge is 2.28. The van der Waals surface area contributed by atoms with Gasteiger partial charge in [0.15, 0.2) is 5.78 Å². The van der Waals surface area contributed by atoms with Crippen LogP contribution in [0.4, 0.5) is 11.9 Å². The molecule has 150 valence electrons. The van der Waals surface area contributed by atoms with E-state index < -0.39 is 0 Å². The molecule has 5 rings (SSSR count). The lowest BCUT2D eigenvalue weighted by atomic mass is 9.86. The lowest BCUT2D eigenvalue weighted by molar-refractivity contribution is 0.0963. The number of nitrogens with one attached hydrogen (secondary N) is 1. The fourth-order valence-corrected chi connectivity index (χ4v) is 4.66. The summed E-state index contributed by atoms with van der Waals surface area (Å²) in [6, 6.07) is 9.83. The summed E-state index contributed by atoms with van der Waals surface area (Å²) in [5, 5.41) is 6.06. The highest BCUT2D eigenvalue weighted by Crippen LogP contribution is 2.34. The van der Waals surface area contributed by atoms with Crippen LogP contribution in [0.15, 0.2) is 41.9 Å². The molecule has 0 radical (unpaired) electrons. The van der Waals surface area contributed by atoms with Crippen LogP contribution in [0.5, 0.6) is 5.75 Å². The number of benzene rings is 1. The van der Waals surface area contributed by atoms with Crippen LogP contribution in [0.2, 0.25) is 0 Å². The summed E-state index contributed by atoms with van der Waals surface area (Å²) in [6.07, 6.45) is 2.81. The number of rotatable bonds is 4. The predicted octanol–water partition coefficient (Wildman–Crippen LogP) is 4.45. The summed E-state index contributed by atoms with van der Waals surface area (Å²) >= 11 is 1.68. The van der Waals surface area contributed by atoms with Crippen molar-refractivity contribution >= 4 is 39.9 Å². The third-order valence-corrected chi connectivity index (χ3v) is 6.34. The van der Waals surface area contributed by atoms with E-state index in [0.717, 1.165) is 22.3 Å². The van der Waals surface area contributed by atoms with E-state index in [1.807, 2.05) is 36.6 Å². The average Bonchev–Trinajstić information content (AvgIpc) is 3.28. The van der Waals surface area contributed by atoms with Crippen LogP contribution < -0.4 is 10.1 Å². The summed E-state index contributed by atoms with van der Waals surface area (Å²) < 4.78 is 5.44. The van der Waals surface area contributed by atoms with Gasteiger partial charge in [-0.2, -0.15) is 0 Å². The van der Waals surface area contributed by atoms with Gasteiger partial charge < -0.3 is 4.74 Å². The van der Waals surface area contributed by atoms with Crippen LogP contribution in [-0.4, -0.2) is 32.8 Å². The first-order chi connectivity index (χ1) is 14.6. The van der Waals surface area contributed by atoms with Crippen LogP contribution in [0.3, 0.4) is 0 Å². The normalized spacial score (nSPS) is 15.8. The van der Waals surface area contributed by atoms with Gasteiger partial charge in [0.25, 0.3) is 0 Å². The van der Waals surface area contributed by atoms with Gasteiger partial charge in [-0.05, 0) is 30.9 Å². The summed E-state index contributed by atoms with van der Waals surface area (Å²) in [5.74, 6) is 1.69. The standard InChI is InChI=1S/C22H19N5O2S/c1-12-14-5-3-6-18(29-2)20(14)26-22(24-12)27-21-23-11-15-16(25-21)9-13(10-17(15)28)19-7-4-8-30-19/h3-8,11,13H,9-10H2,1-2H3,(H,23,24,25,26,27)/t13-/m1/s1. The topological polar surface area (TPSA) is 89.9 Å². The van der Waals surface area contributed by atoms with Crippen molar-refractivity contribution in [2.75, 3.05) is 12.4 Å². The number of carbonyl (C=O) groups is 1. The first-order valence-electron chi connectivity index (χ1n) is 9.63. The molecule has 0 amide bonds. The van der Waals surface area contributed by atoms with E-state index >= 15 is 0 Å². The fraction of sp³-hybridized carbons (Fsp3) is 0.227. The van der Waals surface area contributed by atoms with Gasteiger partial charge in [-0.15, -0.1) is 11.3 Å². The maximum absolute atomic E-state index is 12.6. The minimum atomic E-state index is 0.0868. The molecule has 0 saturated heterocycles. The smallest absolute Gasteiger partial charge is 0.230 e. The first-order valence-corrected chi connectivity index (χ1v) is 10.5. The Bertz CT molecular complexity index is 1260. The number of nitrogens with zero attached hydrogens (tertiary/aromatic N) is 4. The largest absolute Gasteiger partial charge is 0.494 e. The number of aryl methyl sites for hydroxylation is 1. The van der Waals surface area contributed by atoms with Gasteiger partial charge in [0.2, 0.25) is 11.9 Å². The molecule has 1 N–H and O–H groups in total. The molecular formula is C22H19N5O2S. The van der Waals surface area contributed by atoms with Gasteiger partial charge in [0, 0.05) is 28.8 Å². The Kier molecular flexibility index (Phi) is 4.63. The number of ether oxygens (including phenoxy) is 1. The van der Waals surface area contributed by atoms with E-state index in [2.05, 4.69) is 31.3 Å². The van der Waals surface area contributed by atoms with Crippen LogP contribution in [0, 0.1) is 6.92 Å². The number of anilines is 2. The Balaban J connectivity index is 1.48. The van der Waals surface area contributed by atoms with Gasteiger partial charge >= 0.3 is 0 Å². The number of Topliss-reactive ketones (excluding diaryl/α,β-unsaturated/α-hetero) is 1. The summed E-state index contributed by atoms with van der Waals surface area (Å²) in [7, 11) is 1.62. The summed E-state index contributed by atoms with van der Waals surface area (Å²) in [6.45, 7) is 1.92. The molecule has 0 saturated carbocycles. The number of thiophene rings is 1. The van der Waals surface area contributed by atoms with Crippen molar-refractivity contribution in [2.45, 2.75) is 25.7 Å². The molecule has 30 heavy (non-hydrogen) atoms. The van der Waals surface area contributed by atoms with E-state index in [-0.39, 0.29) is 11.7 Å². The molecule has 3 aromatic heterocycles. The van der Waals surface area contributed by atoms with Crippen LogP contribution >= 0.6 is 11.3 Å². The van der Waals surface area contributed by atoms with Crippen molar-refractivity contribution in [3.8, 4) is 5.75 Å². The Morgan fingerprint density at radius 2 is 2.00 bits per heavy atom. The molecule has 0 aliphatic heterocycles. The quantitative estimate of drug-likeness (QED) is 0.524. The average molecular weight is 417 g/mol. The molecule has 1 aliphatic carbocycles. The Labute approximate surface area is 177 Å². The number of ketones is 1. The third kappa shape index (κ3) is 3.29. The number of hydrogen-bond donors (Lipinski definition) is 1. The van der Waals surface area contributed by atoms with Gasteiger partial charge in [0.1, 0.15) is 11.3 Å². The van der Waals surface area contributed by atoms with E-state index in [1.54, 1.807) is 24.6 Å². The van der Waals surface area contributed by atoms with Gasteiger partial charge in [-0.3, -0.25) is 10.1 Å². The zero-order valence-corrected chi connectivity index (χ0v) is 17.4. The van der Waals surface area contributed by atoms with E-state index in [4.69, 9.17) is 4.74 Å². The predicted molar refractivity (Wildman–Crippen MR) is 116 cm³/mol. The monoisotopic (exact) mass is 417 g/mol. The van der Waals surface area contributed by atoms with Crippen molar-refractivity contribution in [3.63, 3.8) is 0 Å².